The normalized spacial score (nSPS) is 11.8. The second kappa shape index (κ2) is 40.0. The van der Waals surface area contributed by atoms with Gasteiger partial charge in [-0.05, 0) is 62.0 Å². The van der Waals surface area contributed by atoms with Crippen LogP contribution in [0.2, 0.25) is 0 Å². The van der Waals surface area contributed by atoms with E-state index in [1.165, 1.54) is 126 Å². The van der Waals surface area contributed by atoms with Crippen LogP contribution in [0.5, 0.6) is 0 Å². The van der Waals surface area contributed by atoms with Crippen molar-refractivity contribution in [1.29, 1.82) is 0 Å². The van der Waals surface area contributed by atoms with E-state index in [9.17, 15) is 0 Å². The molecule has 0 aliphatic carbocycles. The van der Waals surface area contributed by atoms with Crippen molar-refractivity contribution in [2.75, 3.05) is 7.05 Å². The summed E-state index contributed by atoms with van der Waals surface area (Å²) in [4.78, 5) is 4.48. The maximum Gasteiger partial charge on any atom is 0.0625 e. The lowest BCUT2D eigenvalue weighted by Gasteiger charge is -2.12. The molecule has 0 aromatic carbocycles. The number of hydrogen-bond acceptors (Lipinski definition) is 1. The van der Waals surface area contributed by atoms with Crippen LogP contribution in [0, 0.1) is 5.92 Å². The molecular formula is C39H79N. The Morgan fingerprint density at radius 1 is 0.650 bits per heavy atom. The summed E-state index contributed by atoms with van der Waals surface area (Å²) in [6.45, 7) is 30.0. The molecule has 40 heavy (non-hydrogen) atoms. The van der Waals surface area contributed by atoms with Gasteiger partial charge in [-0.25, -0.2) is 0 Å². The number of allylic oxidation sites excluding steroid dienone is 4. The van der Waals surface area contributed by atoms with Crippen molar-refractivity contribution in [3.05, 3.63) is 36.0 Å². The minimum atomic E-state index is 0.830. The Morgan fingerprint density at radius 3 is 1.50 bits per heavy atom. The Labute approximate surface area is 256 Å². The van der Waals surface area contributed by atoms with Crippen LogP contribution in [-0.2, 0) is 0 Å². The first-order valence-corrected chi connectivity index (χ1v) is 17.9. The van der Waals surface area contributed by atoms with Gasteiger partial charge in [0.15, 0.2) is 0 Å². The minimum absolute atomic E-state index is 0.830. The molecule has 0 aliphatic rings. The molecule has 0 aromatic heterocycles. The topological polar surface area (TPSA) is 12.4 Å². The summed E-state index contributed by atoms with van der Waals surface area (Å²) in [7, 11) is 1.90. The predicted octanol–water partition coefficient (Wildman–Crippen LogP) is 14.7. The predicted molar refractivity (Wildman–Crippen MR) is 192 cm³/mol. The van der Waals surface area contributed by atoms with Crippen molar-refractivity contribution >= 4 is 5.71 Å². The highest BCUT2D eigenvalue weighted by molar-refractivity contribution is 6.11. The van der Waals surface area contributed by atoms with Gasteiger partial charge in [0.25, 0.3) is 0 Å². The molecule has 0 rings (SSSR count). The van der Waals surface area contributed by atoms with Crippen molar-refractivity contribution in [3.8, 4) is 0 Å². The fourth-order valence-corrected chi connectivity index (χ4v) is 4.56. The van der Waals surface area contributed by atoms with E-state index >= 15 is 0 Å². The molecule has 0 bridgehead atoms. The molecule has 0 N–H and O–H groups in total. The number of unbranched alkanes of at least 4 members (excludes halogenated alkanes) is 12. The molecule has 0 aromatic rings. The standard InChI is InChI=1S/C18H33N.C17H34.2C2H6/c1-6-9-11-12-13-14-16(4)18(19-5)17(8-3)15-10-7-2;1-5-7-8-9-10-11-12-13-14-17(4)15-16(3)6-2;2*1-2/h15H,4,6-14H2,1-3,5H3;16H,4-15H2,1-3H3;2*1-2H3/b17-15+,19-18?;;;. The summed E-state index contributed by atoms with van der Waals surface area (Å²) in [6, 6.07) is 0. The fourth-order valence-electron chi connectivity index (χ4n) is 4.56. The molecule has 1 nitrogen and oxygen atoms in total. The van der Waals surface area contributed by atoms with E-state index in [1.54, 1.807) is 0 Å². The first-order chi connectivity index (χ1) is 19.4. The van der Waals surface area contributed by atoms with Crippen LogP contribution >= 0.6 is 0 Å². The molecule has 240 valence electrons. The lowest BCUT2D eigenvalue weighted by molar-refractivity contribution is 0.533. The van der Waals surface area contributed by atoms with Gasteiger partial charge in [-0.1, -0.05) is 178 Å². The minimum Gasteiger partial charge on any atom is -0.288 e. The number of aliphatic imine (C=N–C) groups is 1. The van der Waals surface area contributed by atoms with E-state index in [-0.39, 0.29) is 0 Å². The van der Waals surface area contributed by atoms with Gasteiger partial charge in [-0.2, -0.15) is 0 Å². The largest absolute Gasteiger partial charge is 0.288 e. The van der Waals surface area contributed by atoms with Crippen LogP contribution in [0.25, 0.3) is 0 Å². The summed E-state index contributed by atoms with van der Waals surface area (Å²) < 4.78 is 0. The second-order valence-corrected chi connectivity index (χ2v) is 10.9. The quantitative estimate of drug-likeness (QED) is 0.0668. The zero-order valence-corrected chi connectivity index (χ0v) is 30.2. The van der Waals surface area contributed by atoms with Crippen molar-refractivity contribution in [3.63, 3.8) is 0 Å². The third-order valence-electron chi connectivity index (χ3n) is 7.22. The van der Waals surface area contributed by atoms with Crippen molar-refractivity contribution in [2.24, 2.45) is 10.9 Å². The van der Waals surface area contributed by atoms with E-state index in [4.69, 9.17) is 0 Å². The van der Waals surface area contributed by atoms with Gasteiger partial charge in [0, 0.05) is 7.05 Å². The van der Waals surface area contributed by atoms with Gasteiger partial charge in [-0.15, -0.1) is 0 Å². The summed E-state index contributed by atoms with van der Waals surface area (Å²) in [5, 5.41) is 0. The number of hydrogen-bond donors (Lipinski definition) is 0. The van der Waals surface area contributed by atoms with Crippen LogP contribution in [-0.4, -0.2) is 12.8 Å². The third kappa shape index (κ3) is 33.1. The van der Waals surface area contributed by atoms with Gasteiger partial charge in [-0.3, -0.25) is 4.99 Å². The SMILES string of the molecule is C=C(CCCCCCC)C(=NC)/C(=C/CCC)CC.C=C(CCCCCCCCCC)CC(C)CC.CC.CC. The average Bonchev–Trinajstić information content (AvgIpc) is 2.98. The molecule has 0 fully saturated rings. The third-order valence-corrected chi connectivity index (χ3v) is 7.22. The molecule has 0 aliphatic heterocycles. The average molecular weight is 562 g/mol. The smallest absolute Gasteiger partial charge is 0.0625 e. The number of rotatable bonds is 23. The molecule has 1 atom stereocenters. The van der Waals surface area contributed by atoms with E-state index < -0.39 is 0 Å². The van der Waals surface area contributed by atoms with Gasteiger partial charge in [0.1, 0.15) is 0 Å². The summed E-state index contributed by atoms with van der Waals surface area (Å²) in [5.74, 6) is 0.830. The Balaban J connectivity index is -0.000000289. The second-order valence-electron chi connectivity index (χ2n) is 10.9. The maximum atomic E-state index is 4.48. The highest BCUT2D eigenvalue weighted by atomic mass is 14.7. The Morgan fingerprint density at radius 2 is 1.10 bits per heavy atom. The molecule has 0 radical (unpaired) electrons. The van der Waals surface area contributed by atoms with Crippen molar-refractivity contribution < 1.29 is 0 Å². The molecular weight excluding hydrogens is 482 g/mol. The van der Waals surface area contributed by atoms with E-state index in [2.05, 4.69) is 65.8 Å². The van der Waals surface area contributed by atoms with Gasteiger partial charge in [0.05, 0.1) is 5.71 Å². The fraction of sp³-hybridized carbons (Fsp3) is 0.821. The lowest BCUT2D eigenvalue weighted by atomic mass is 9.96. The van der Waals surface area contributed by atoms with E-state index in [0.717, 1.165) is 30.9 Å². The highest BCUT2D eigenvalue weighted by Crippen LogP contribution is 2.19. The zero-order chi connectivity index (χ0) is 31.4. The summed E-state index contributed by atoms with van der Waals surface area (Å²) >= 11 is 0. The molecule has 0 saturated carbocycles. The Bertz CT molecular complexity index is 565. The van der Waals surface area contributed by atoms with Gasteiger partial charge >= 0.3 is 0 Å². The summed E-state index contributed by atoms with van der Waals surface area (Å²) in [6.07, 6.45) is 28.5. The Hall–Kier alpha value is -1.11. The molecule has 1 unspecified atom stereocenters. The summed E-state index contributed by atoms with van der Waals surface area (Å²) in [5.41, 5.74) is 5.24. The van der Waals surface area contributed by atoms with Crippen molar-refractivity contribution in [2.45, 2.75) is 198 Å². The maximum absolute atomic E-state index is 4.48. The molecule has 1 heteroatoms. The number of nitrogens with zero attached hydrogens (tertiary/aromatic N) is 1. The first kappa shape index (κ1) is 45.9. The lowest BCUT2D eigenvalue weighted by Crippen LogP contribution is -2.06. The molecule has 0 amide bonds. The first-order valence-electron chi connectivity index (χ1n) is 17.9. The molecule has 0 spiro atoms. The van der Waals surface area contributed by atoms with E-state index in [0.29, 0.717) is 0 Å². The van der Waals surface area contributed by atoms with Crippen LogP contribution in [0.3, 0.4) is 0 Å². The van der Waals surface area contributed by atoms with Crippen LogP contribution in [0.4, 0.5) is 0 Å². The van der Waals surface area contributed by atoms with Crippen LogP contribution < -0.4 is 0 Å². The van der Waals surface area contributed by atoms with E-state index in [1.807, 2.05) is 34.7 Å². The van der Waals surface area contributed by atoms with Crippen LogP contribution in [0.1, 0.15) is 198 Å². The monoisotopic (exact) mass is 562 g/mol. The van der Waals surface area contributed by atoms with Gasteiger partial charge in [0.2, 0.25) is 0 Å². The highest BCUT2D eigenvalue weighted by Gasteiger charge is 2.08. The molecule has 0 heterocycles. The van der Waals surface area contributed by atoms with Gasteiger partial charge < -0.3 is 0 Å². The zero-order valence-electron chi connectivity index (χ0n) is 30.2. The Kier molecular flexibility index (Phi) is 45.9. The van der Waals surface area contributed by atoms with Crippen LogP contribution in [0.15, 0.2) is 40.9 Å². The molecule has 0 saturated heterocycles. The van der Waals surface area contributed by atoms with Crippen molar-refractivity contribution in [1.82, 2.24) is 0 Å².